The molecule has 0 aliphatic carbocycles. The van der Waals surface area contributed by atoms with E-state index in [1.807, 2.05) is 17.0 Å². The highest BCUT2D eigenvalue weighted by Gasteiger charge is 2.31. The van der Waals surface area contributed by atoms with Gasteiger partial charge in [0.15, 0.2) is 0 Å². The Morgan fingerprint density at radius 1 is 1.15 bits per heavy atom. The lowest BCUT2D eigenvalue weighted by Gasteiger charge is -2.34. The number of carbonyl (C=O) groups is 1. The van der Waals surface area contributed by atoms with Crippen LogP contribution in [-0.4, -0.2) is 48.4 Å². The number of halogens is 6. The van der Waals surface area contributed by atoms with Crippen LogP contribution in [0, 0.1) is 23.1 Å². The van der Waals surface area contributed by atoms with Crippen LogP contribution in [0.4, 0.5) is 17.6 Å². The summed E-state index contributed by atoms with van der Waals surface area (Å²) in [4.78, 5) is 16.1. The fourth-order valence-corrected chi connectivity index (χ4v) is 4.26. The highest BCUT2D eigenvalue weighted by molar-refractivity contribution is 5.85. The summed E-state index contributed by atoms with van der Waals surface area (Å²) < 4.78 is 53.0. The SMILES string of the molecule is Cl.Cl.N#CCCC(=O)N1CCC(CCN2CC=C(c3cc(C(F)(F)F)ccc3F)CC2)CC1. The van der Waals surface area contributed by atoms with Gasteiger partial charge in [0.2, 0.25) is 5.91 Å². The Hall–Kier alpha value is -1.82. The maximum absolute atomic E-state index is 14.1. The zero-order valence-corrected chi connectivity index (χ0v) is 19.9. The molecule has 10 heteroatoms. The molecule has 2 aliphatic rings. The number of hydrogen-bond donors (Lipinski definition) is 0. The average molecular weight is 510 g/mol. The fourth-order valence-electron chi connectivity index (χ4n) is 4.26. The molecule has 1 aromatic rings. The van der Waals surface area contributed by atoms with Gasteiger partial charge in [-0.05, 0) is 61.9 Å². The van der Waals surface area contributed by atoms with E-state index in [1.165, 1.54) is 0 Å². The van der Waals surface area contributed by atoms with Crippen molar-refractivity contribution in [3.63, 3.8) is 0 Å². The van der Waals surface area contributed by atoms with Crippen LogP contribution >= 0.6 is 24.8 Å². The van der Waals surface area contributed by atoms with Crippen LogP contribution < -0.4 is 0 Å². The van der Waals surface area contributed by atoms with Crippen molar-refractivity contribution in [3.05, 3.63) is 41.2 Å². The fraction of sp³-hybridized carbons (Fsp3) is 0.565. The Morgan fingerprint density at radius 2 is 1.85 bits per heavy atom. The molecule has 0 radical (unpaired) electrons. The summed E-state index contributed by atoms with van der Waals surface area (Å²) in [5.41, 5.74) is -0.156. The molecule has 1 aromatic carbocycles. The molecule has 3 rings (SSSR count). The van der Waals surface area contributed by atoms with Crippen molar-refractivity contribution in [2.75, 3.05) is 32.7 Å². The number of nitriles is 1. The molecule has 4 nitrogen and oxygen atoms in total. The smallest absolute Gasteiger partial charge is 0.343 e. The summed E-state index contributed by atoms with van der Waals surface area (Å²) in [6.45, 7) is 3.62. The summed E-state index contributed by atoms with van der Waals surface area (Å²) in [6, 6.07) is 4.57. The van der Waals surface area contributed by atoms with E-state index >= 15 is 0 Å². The Kier molecular flexibility index (Phi) is 11.7. The van der Waals surface area contributed by atoms with E-state index in [1.54, 1.807) is 0 Å². The molecule has 0 spiro atoms. The van der Waals surface area contributed by atoms with Gasteiger partial charge in [0.1, 0.15) is 5.82 Å². The highest BCUT2D eigenvalue weighted by Crippen LogP contribution is 2.33. The van der Waals surface area contributed by atoms with Crippen LogP contribution in [0.25, 0.3) is 5.57 Å². The molecule has 0 aromatic heterocycles. The number of piperidine rings is 1. The van der Waals surface area contributed by atoms with E-state index in [0.717, 1.165) is 57.1 Å². The Labute approximate surface area is 204 Å². The molecule has 0 saturated carbocycles. The monoisotopic (exact) mass is 509 g/mol. The largest absolute Gasteiger partial charge is 0.416 e. The van der Waals surface area contributed by atoms with E-state index in [0.29, 0.717) is 31.0 Å². The zero-order valence-electron chi connectivity index (χ0n) is 18.2. The van der Waals surface area contributed by atoms with Crippen LogP contribution in [0.3, 0.4) is 0 Å². The van der Waals surface area contributed by atoms with Gasteiger partial charge >= 0.3 is 6.18 Å². The number of benzene rings is 1. The normalized spacial score (nSPS) is 17.4. The van der Waals surface area contributed by atoms with Crippen molar-refractivity contribution in [2.45, 2.75) is 44.7 Å². The van der Waals surface area contributed by atoms with Gasteiger partial charge in [-0.2, -0.15) is 18.4 Å². The number of likely N-dealkylation sites (tertiary alicyclic amines) is 1. The lowest BCUT2D eigenvalue weighted by atomic mass is 9.92. The number of rotatable bonds is 6. The summed E-state index contributed by atoms with van der Waals surface area (Å²) in [6.07, 6.45) is 1.30. The molecule has 0 bridgehead atoms. The first-order valence-electron chi connectivity index (χ1n) is 10.7. The molecule has 1 fully saturated rings. The predicted molar refractivity (Wildman–Crippen MR) is 124 cm³/mol. The number of hydrogen-bond acceptors (Lipinski definition) is 3. The van der Waals surface area contributed by atoms with Gasteiger partial charge in [-0.25, -0.2) is 4.39 Å². The Morgan fingerprint density at radius 3 is 2.42 bits per heavy atom. The van der Waals surface area contributed by atoms with E-state index in [2.05, 4.69) is 4.90 Å². The second-order valence-electron chi connectivity index (χ2n) is 8.24. The third-order valence-corrected chi connectivity index (χ3v) is 6.20. The number of nitrogens with zero attached hydrogens (tertiary/aromatic N) is 3. The predicted octanol–water partition coefficient (Wildman–Crippen LogP) is 5.71. The first-order valence-corrected chi connectivity index (χ1v) is 10.7. The third-order valence-electron chi connectivity index (χ3n) is 6.20. The van der Waals surface area contributed by atoms with Crippen LogP contribution in [0.15, 0.2) is 24.3 Å². The summed E-state index contributed by atoms with van der Waals surface area (Å²) in [5.74, 6) is -0.0365. The van der Waals surface area contributed by atoms with Gasteiger partial charge in [-0.15, -0.1) is 24.8 Å². The van der Waals surface area contributed by atoms with Gasteiger partial charge in [0.05, 0.1) is 11.6 Å². The first-order chi connectivity index (χ1) is 14.8. The van der Waals surface area contributed by atoms with Gasteiger partial charge in [0, 0.05) is 44.6 Å². The van der Waals surface area contributed by atoms with Gasteiger partial charge < -0.3 is 4.90 Å². The molecule has 0 N–H and O–H groups in total. The van der Waals surface area contributed by atoms with Crippen molar-refractivity contribution in [3.8, 4) is 6.07 Å². The highest BCUT2D eigenvalue weighted by atomic mass is 35.5. The Bertz CT molecular complexity index is 862. The minimum Gasteiger partial charge on any atom is -0.343 e. The molecule has 0 unspecified atom stereocenters. The van der Waals surface area contributed by atoms with Crippen molar-refractivity contribution >= 4 is 36.3 Å². The third kappa shape index (κ3) is 8.16. The van der Waals surface area contributed by atoms with Crippen LogP contribution in [0.1, 0.15) is 49.7 Å². The standard InChI is InChI=1S/C23H27F4N3O.2ClH/c24-21-4-3-19(23(25,26)27)16-20(21)18-8-12-29(13-9-18)11-5-17-6-14-30(15-7-17)22(31)2-1-10-28;;/h3-4,8,16-17H,1-2,5-7,9,11-15H2;2*1H. The summed E-state index contributed by atoms with van der Waals surface area (Å²) in [5, 5.41) is 8.60. The van der Waals surface area contributed by atoms with Gasteiger partial charge in [-0.1, -0.05) is 6.08 Å². The number of amides is 1. The van der Waals surface area contributed by atoms with Crippen LogP contribution in [0.2, 0.25) is 0 Å². The maximum atomic E-state index is 14.1. The maximum Gasteiger partial charge on any atom is 0.416 e. The van der Waals surface area contributed by atoms with Crippen molar-refractivity contribution in [1.29, 1.82) is 5.26 Å². The molecule has 1 saturated heterocycles. The van der Waals surface area contributed by atoms with Gasteiger partial charge in [-0.3, -0.25) is 9.69 Å². The van der Waals surface area contributed by atoms with Crippen LogP contribution in [0.5, 0.6) is 0 Å². The second kappa shape index (κ2) is 13.2. The van der Waals surface area contributed by atoms with E-state index in [4.69, 9.17) is 5.26 Å². The van der Waals surface area contributed by atoms with Crippen molar-refractivity contribution < 1.29 is 22.4 Å². The van der Waals surface area contributed by atoms with E-state index in [-0.39, 0.29) is 49.1 Å². The lowest BCUT2D eigenvalue weighted by Crippen LogP contribution is -2.39. The van der Waals surface area contributed by atoms with Crippen LogP contribution in [-0.2, 0) is 11.0 Å². The molecule has 33 heavy (non-hydrogen) atoms. The summed E-state index contributed by atoms with van der Waals surface area (Å²) in [7, 11) is 0. The lowest BCUT2D eigenvalue weighted by molar-refractivity contribution is -0.137. The molecule has 184 valence electrons. The minimum atomic E-state index is -4.49. The first kappa shape index (κ1) is 29.2. The Balaban J connectivity index is 0.00000272. The molecule has 1 amide bonds. The number of carbonyl (C=O) groups excluding carboxylic acids is 1. The summed E-state index contributed by atoms with van der Waals surface area (Å²) >= 11 is 0. The van der Waals surface area contributed by atoms with Crippen molar-refractivity contribution in [1.82, 2.24) is 9.80 Å². The zero-order chi connectivity index (χ0) is 22.4. The number of alkyl halides is 3. The molecular weight excluding hydrogens is 481 g/mol. The minimum absolute atomic E-state index is 0. The van der Waals surface area contributed by atoms with Crippen molar-refractivity contribution in [2.24, 2.45) is 5.92 Å². The molecule has 2 heterocycles. The molecule has 2 aliphatic heterocycles. The van der Waals surface area contributed by atoms with Gasteiger partial charge in [0.25, 0.3) is 0 Å². The average Bonchev–Trinajstić information content (AvgIpc) is 2.76. The molecular formula is C23H29Cl2F4N3O. The van der Waals surface area contributed by atoms with E-state index in [9.17, 15) is 22.4 Å². The molecule has 0 atom stereocenters. The second-order valence-corrected chi connectivity index (χ2v) is 8.24. The quantitative estimate of drug-likeness (QED) is 0.461. The van der Waals surface area contributed by atoms with E-state index < -0.39 is 17.6 Å². The topological polar surface area (TPSA) is 47.3 Å².